The molecule has 130 valence electrons. The van der Waals surface area contributed by atoms with Crippen LogP contribution in [0.3, 0.4) is 0 Å². The van der Waals surface area contributed by atoms with Gasteiger partial charge in [-0.3, -0.25) is 0 Å². The lowest BCUT2D eigenvalue weighted by Gasteiger charge is -2.54. The van der Waals surface area contributed by atoms with Gasteiger partial charge in [0.05, 0.1) is 6.07 Å². The minimum atomic E-state index is 0.552. The van der Waals surface area contributed by atoms with Crippen LogP contribution in [0.25, 0.3) is 0 Å². The predicted octanol–water partition coefficient (Wildman–Crippen LogP) is 7.53. The molecule has 1 nitrogen and oxygen atoms in total. The second kappa shape index (κ2) is 12.7. The van der Waals surface area contributed by atoms with E-state index in [2.05, 4.69) is 40.3 Å². The first-order chi connectivity index (χ1) is 10.5. The molecule has 1 heteroatoms. The van der Waals surface area contributed by atoms with Crippen molar-refractivity contribution < 1.29 is 0 Å². The molecule has 3 fully saturated rings. The van der Waals surface area contributed by atoms with Crippen LogP contribution >= 0.6 is 0 Å². The largest absolute Gasteiger partial charge is 0.199 e. The van der Waals surface area contributed by atoms with Gasteiger partial charge in [0.1, 0.15) is 0 Å². The molecule has 0 atom stereocenters. The Balaban J connectivity index is 0. The molecule has 0 unspecified atom stereocenters. The van der Waals surface area contributed by atoms with E-state index in [-0.39, 0.29) is 0 Å². The molecule has 3 aliphatic carbocycles. The smallest absolute Gasteiger partial charge is 0.0587 e. The van der Waals surface area contributed by atoms with E-state index in [0.29, 0.717) is 10.8 Å². The zero-order chi connectivity index (χ0) is 17.6. The summed E-state index contributed by atoms with van der Waals surface area (Å²) in [5.41, 5.74) is 1.27. The molecule has 3 rings (SSSR count). The Morgan fingerprint density at radius 2 is 1.32 bits per heavy atom. The summed E-state index contributed by atoms with van der Waals surface area (Å²) in [4.78, 5) is 0. The van der Waals surface area contributed by atoms with Gasteiger partial charge in [-0.1, -0.05) is 60.5 Å². The molecule has 0 heterocycles. The van der Waals surface area contributed by atoms with Gasteiger partial charge in [0.2, 0.25) is 0 Å². The first-order valence-electron chi connectivity index (χ1n) is 9.40. The Morgan fingerprint density at radius 3 is 1.50 bits per heavy atom. The molecule has 3 saturated carbocycles. The van der Waals surface area contributed by atoms with E-state index in [0.717, 1.165) is 5.92 Å². The zero-order valence-corrected chi connectivity index (χ0v) is 16.5. The maximum atomic E-state index is 7.32. The molecule has 0 aromatic heterocycles. The standard InChI is InChI=1S/C13H22.C4H10.C2H3N.C2H6/c1-4-12-5-8-13(9-6-12,10-7-12)11(2)3;1-3-4-2;1-2-3;1-2/h4,11H,1,5-10H2,2-3H3;3-4H2,1-2H3;1H3;1-2H3. The summed E-state index contributed by atoms with van der Waals surface area (Å²) in [6, 6.07) is 1.75. The fourth-order valence-corrected chi connectivity index (χ4v) is 3.42. The Labute approximate surface area is 141 Å². The van der Waals surface area contributed by atoms with Gasteiger partial charge >= 0.3 is 0 Å². The first-order valence-corrected chi connectivity index (χ1v) is 9.40. The Bertz CT molecular complexity index is 282. The van der Waals surface area contributed by atoms with Crippen molar-refractivity contribution in [2.24, 2.45) is 16.7 Å². The van der Waals surface area contributed by atoms with Crippen LogP contribution in [0.5, 0.6) is 0 Å². The van der Waals surface area contributed by atoms with Crippen molar-refractivity contribution in [1.82, 2.24) is 0 Å². The van der Waals surface area contributed by atoms with Crippen molar-refractivity contribution in [2.75, 3.05) is 0 Å². The molecule has 22 heavy (non-hydrogen) atoms. The lowest BCUT2D eigenvalue weighted by atomic mass is 9.51. The highest BCUT2D eigenvalue weighted by molar-refractivity contribution is 5.07. The van der Waals surface area contributed by atoms with Crippen molar-refractivity contribution in [3.8, 4) is 6.07 Å². The van der Waals surface area contributed by atoms with E-state index in [1.54, 1.807) is 6.07 Å². The van der Waals surface area contributed by atoms with Crippen LogP contribution in [0.1, 0.15) is 99.8 Å². The van der Waals surface area contributed by atoms with E-state index in [9.17, 15) is 0 Å². The number of nitrogens with zero attached hydrogens (tertiary/aromatic N) is 1. The molecule has 0 N–H and O–H groups in total. The second-order valence-corrected chi connectivity index (χ2v) is 6.81. The average Bonchev–Trinajstić information content (AvgIpc) is 2.59. The van der Waals surface area contributed by atoms with Crippen molar-refractivity contribution >= 4 is 0 Å². The van der Waals surface area contributed by atoms with Crippen LogP contribution in [0, 0.1) is 28.1 Å². The highest BCUT2D eigenvalue weighted by atomic mass is 14.5. The van der Waals surface area contributed by atoms with Crippen LogP contribution in [0.15, 0.2) is 12.7 Å². The number of allylic oxidation sites excluding steroid dienone is 1. The lowest BCUT2D eigenvalue weighted by Crippen LogP contribution is -2.43. The number of nitriles is 1. The van der Waals surface area contributed by atoms with Gasteiger partial charge in [-0.2, -0.15) is 5.26 Å². The van der Waals surface area contributed by atoms with Crippen molar-refractivity contribution in [3.05, 3.63) is 12.7 Å². The Morgan fingerprint density at radius 1 is 1.00 bits per heavy atom. The third kappa shape index (κ3) is 6.99. The fourth-order valence-electron chi connectivity index (χ4n) is 3.42. The number of hydrogen-bond donors (Lipinski definition) is 0. The SMILES string of the molecule is C=CC12CCC(C(C)C)(CC1)CC2.CC.CC#N.CCCC. The average molecular weight is 308 g/mol. The van der Waals surface area contributed by atoms with Gasteiger partial charge in [0.15, 0.2) is 0 Å². The summed E-state index contributed by atoms with van der Waals surface area (Å²) >= 11 is 0. The van der Waals surface area contributed by atoms with Crippen LogP contribution in [0.4, 0.5) is 0 Å². The van der Waals surface area contributed by atoms with Gasteiger partial charge in [0, 0.05) is 6.92 Å². The van der Waals surface area contributed by atoms with Gasteiger partial charge in [0.25, 0.3) is 0 Å². The Kier molecular flexibility index (Phi) is 13.6. The number of fused-ring (bicyclic) bond motifs is 3. The zero-order valence-electron chi connectivity index (χ0n) is 16.5. The van der Waals surface area contributed by atoms with Crippen LogP contribution in [-0.2, 0) is 0 Å². The molecular weight excluding hydrogens is 266 g/mol. The van der Waals surface area contributed by atoms with Gasteiger partial charge < -0.3 is 0 Å². The first kappa shape index (κ1) is 23.5. The minimum Gasteiger partial charge on any atom is -0.199 e. The minimum absolute atomic E-state index is 0.552. The fraction of sp³-hybridized carbons (Fsp3) is 0.857. The summed E-state index contributed by atoms with van der Waals surface area (Å²) in [6.07, 6.45) is 13.5. The number of hydrogen-bond acceptors (Lipinski definition) is 1. The topological polar surface area (TPSA) is 23.8 Å². The molecule has 0 saturated heterocycles. The maximum Gasteiger partial charge on any atom is 0.0587 e. The molecule has 0 aromatic rings. The van der Waals surface area contributed by atoms with Crippen molar-refractivity contribution in [3.63, 3.8) is 0 Å². The van der Waals surface area contributed by atoms with E-state index in [4.69, 9.17) is 5.26 Å². The molecule has 0 aromatic carbocycles. The van der Waals surface area contributed by atoms with E-state index in [1.807, 2.05) is 13.8 Å². The number of unbranched alkanes of at least 4 members (excludes halogenated alkanes) is 1. The molecule has 0 spiro atoms. The lowest BCUT2D eigenvalue weighted by molar-refractivity contribution is -0.0132. The molecular formula is C21H41N. The van der Waals surface area contributed by atoms with E-state index >= 15 is 0 Å². The Hall–Kier alpha value is -0.770. The quantitative estimate of drug-likeness (QED) is 0.494. The maximum absolute atomic E-state index is 7.32. The van der Waals surface area contributed by atoms with Crippen LogP contribution in [0.2, 0.25) is 0 Å². The van der Waals surface area contributed by atoms with E-state index < -0.39 is 0 Å². The summed E-state index contributed by atoms with van der Waals surface area (Å²) < 4.78 is 0. The monoisotopic (exact) mass is 307 g/mol. The van der Waals surface area contributed by atoms with Gasteiger partial charge in [-0.15, -0.1) is 6.58 Å². The van der Waals surface area contributed by atoms with E-state index in [1.165, 1.54) is 58.3 Å². The third-order valence-corrected chi connectivity index (χ3v) is 5.52. The molecule has 0 amide bonds. The van der Waals surface area contributed by atoms with Crippen LogP contribution < -0.4 is 0 Å². The van der Waals surface area contributed by atoms with Crippen LogP contribution in [-0.4, -0.2) is 0 Å². The summed E-state index contributed by atoms with van der Waals surface area (Å²) in [5, 5.41) is 7.32. The predicted molar refractivity (Wildman–Crippen MR) is 101 cm³/mol. The van der Waals surface area contributed by atoms with Gasteiger partial charge in [-0.25, -0.2) is 0 Å². The summed E-state index contributed by atoms with van der Waals surface area (Å²) in [5.74, 6) is 0.885. The van der Waals surface area contributed by atoms with Crippen molar-refractivity contribution in [2.45, 2.75) is 99.8 Å². The number of rotatable bonds is 3. The third-order valence-electron chi connectivity index (χ3n) is 5.52. The molecule has 0 radical (unpaired) electrons. The summed E-state index contributed by atoms with van der Waals surface area (Å²) in [7, 11) is 0. The highest BCUT2D eigenvalue weighted by Gasteiger charge is 2.48. The second-order valence-electron chi connectivity index (χ2n) is 6.81. The van der Waals surface area contributed by atoms with Crippen molar-refractivity contribution in [1.29, 1.82) is 5.26 Å². The normalized spacial score (nSPS) is 28.0. The summed E-state index contributed by atoms with van der Waals surface area (Å²) in [6.45, 7) is 18.6. The highest BCUT2D eigenvalue weighted by Crippen LogP contribution is 2.60. The molecule has 3 aliphatic rings. The van der Waals surface area contributed by atoms with Gasteiger partial charge in [-0.05, 0) is 55.3 Å². The molecule has 0 aliphatic heterocycles. The molecule has 2 bridgehead atoms.